The summed E-state index contributed by atoms with van der Waals surface area (Å²) in [7, 11) is 1.56. The number of aromatic carboxylic acids is 1. The van der Waals surface area contributed by atoms with Crippen molar-refractivity contribution in [3.63, 3.8) is 0 Å². The van der Waals surface area contributed by atoms with E-state index in [0.29, 0.717) is 28.6 Å². The number of nitrogens with one attached hydrogen (secondary N) is 1. The van der Waals surface area contributed by atoms with Gasteiger partial charge in [0.25, 0.3) is 0 Å². The van der Waals surface area contributed by atoms with Crippen molar-refractivity contribution >= 4 is 17.6 Å². The predicted octanol–water partition coefficient (Wildman–Crippen LogP) is 2.43. The van der Waals surface area contributed by atoms with E-state index < -0.39 is 5.97 Å². The van der Waals surface area contributed by atoms with Crippen molar-refractivity contribution in [1.29, 1.82) is 0 Å². The number of aromatic nitrogens is 4. The van der Waals surface area contributed by atoms with Gasteiger partial charge in [0.05, 0.1) is 19.1 Å². The van der Waals surface area contributed by atoms with Crippen LogP contribution in [0.25, 0.3) is 5.69 Å². The Hall–Kier alpha value is -3.75. The van der Waals surface area contributed by atoms with Crippen LogP contribution in [0.2, 0.25) is 0 Å². The van der Waals surface area contributed by atoms with Crippen molar-refractivity contribution in [2.45, 2.75) is 25.2 Å². The molecule has 148 valence electrons. The van der Waals surface area contributed by atoms with E-state index in [4.69, 9.17) is 9.84 Å². The molecule has 3 aromatic rings. The number of tetrazole rings is 1. The molecule has 1 heterocycles. The number of nitrogens with zero attached hydrogens (tertiary/aromatic N) is 4. The summed E-state index contributed by atoms with van der Waals surface area (Å²) in [6.07, 6.45) is 2.16. The van der Waals surface area contributed by atoms with Gasteiger partial charge in [-0.15, -0.1) is 5.10 Å². The van der Waals surface area contributed by atoms with Crippen LogP contribution in [-0.2, 0) is 11.2 Å². The molecule has 1 aromatic heterocycles. The number of carbonyl (C=O) groups excluding carboxylic acids is 1. The third kappa shape index (κ3) is 4.08. The molecular weight excluding hydrogens is 374 g/mol. The monoisotopic (exact) mass is 393 g/mol. The second-order valence-electron chi connectivity index (χ2n) is 6.84. The van der Waals surface area contributed by atoms with Crippen LogP contribution in [0.4, 0.5) is 5.69 Å². The smallest absolute Gasteiger partial charge is 0.335 e. The molecule has 0 saturated heterocycles. The molecule has 0 unspecified atom stereocenters. The Morgan fingerprint density at radius 3 is 2.79 bits per heavy atom. The average Bonchev–Trinajstić information content (AvgIpc) is 3.44. The lowest BCUT2D eigenvalue weighted by Crippen LogP contribution is -2.15. The summed E-state index contributed by atoms with van der Waals surface area (Å²) >= 11 is 0. The minimum Gasteiger partial charge on any atom is -0.494 e. The molecule has 0 aliphatic heterocycles. The molecule has 9 heteroatoms. The van der Waals surface area contributed by atoms with Gasteiger partial charge < -0.3 is 15.2 Å². The Kier molecular flexibility index (Phi) is 4.94. The van der Waals surface area contributed by atoms with Gasteiger partial charge in [-0.2, -0.15) is 4.68 Å². The van der Waals surface area contributed by atoms with Crippen molar-refractivity contribution in [2.75, 3.05) is 12.4 Å². The zero-order chi connectivity index (χ0) is 20.4. The van der Waals surface area contributed by atoms with Crippen molar-refractivity contribution in [3.05, 3.63) is 59.4 Å². The van der Waals surface area contributed by atoms with Gasteiger partial charge in [0.1, 0.15) is 11.4 Å². The van der Waals surface area contributed by atoms with Gasteiger partial charge in [0, 0.05) is 11.6 Å². The maximum Gasteiger partial charge on any atom is 0.335 e. The fourth-order valence-electron chi connectivity index (χ4n) is 3.10. The first-order valence-electron chi connectivity index (χ1n) is 9.14. The third-order valence-corrected chi connectivity index (χ3v) is 4.67. The van der Waals surface area contributed by atoms with Gasteiger partial charge in [-0.05, 0) is 59.2 Å². The number of rotatable bonds is 7. The molecular formula is C20H19N5O4. The molecule has 0 atom stereocenters. The van der Waals surface area contributed by atoms with Gasteiger partial charge in [-0.25, -0.2) is 4.79 Å². The Labute approximate surface area is 166 Å². The van der Waals surface area contributed by atoms with Crippen LogP contribution in [0.1, 0.15) is 40.5 Å². The second-order valence-corrected chi connectivity index (χ2v) is 6.84. The zero-order valence-corrected chi connectivity index (χ0v) is 15.7. The molecule has 9 nitrogen and oxygen atoms in total. The predicted molar refractivity (Wildman–Crippen MR) is 103 cm³/mol. The van der Waals surface area contributed by atoms with Crippen molar-refractivity contribution in [2.24, 2.45) is 0 Å². The molecule has 2 N–H and O–H groups in total. The molecule has 0 spiro atoms. The highest BCUT2D eigenvalue weighted by atomic mass is 16.5. The third-order valence-electron chi connectivity index (χ3n) is 4.67. The van der Waals surface area contributed by atoms with Crippen LogP contribution in [0, 0.1) is 0 Å². The molecule has 29 heavy (non-hydrogen) atoms. The number of carboxylic acid groups (broad SMARTS) is 1. The first kappa shape index (κ1) is 18.6. The maximum absolute atomic E-state index is 12.5. The molecule has 0 radical (unpaired) electrons. The fraction of sp³-hybridized carbons (Fsp3) is 0.250. The van der Waals surface area contributed by atoms with Crippen molar-refractivity contribution in [3.8, 4) is 11.4 Å². The van der Waals surface area contributed by atoms with E-state index in [-0.39, 0.29) is 17.9 Å². The van der Waals surface area contributed by atoms with Crippen LogP contribution in [0.15, 0.2) is 42.5 Å². The number of anilines is 1. The lowest BCUT2D eigenvalue weighted by Gasteiger charge is -2.12. The number of hydrogen-bond acceptors (Lipinski definition) is 6. The molecule has 0 bridgehead atoms. The Morgan fingerprint density at radius 1 is 1.24 bits per heavy atom. The summed E-state index contributed by atoms with van der Waals surface area (Å²) in [5.41, 5.74) is 1.98. The highest BCUT2D eigenvalue weighted by molar-refractivity contribution is 5.93. The molecule has 1 saturated carbocycles. The van der Waals surface area contributed by atoms with E-state index in [1.807, 2.05) is 0 Å². The topological polar surface area (TPSA) is 119 Å². The van der Waals surface area contributed by atoms with Gasteiger partial charge in [-0.1, -0.05) is 12.1 Å². The van der Waals surface area contributed by atoms with Crippen LogP contribution >= 0.6 is 0 Å². The van der Waals surface area contributed by atoms with Gasteiger partial charge in [0.2, 0.25) is 5.91 Å². The van der Waals surface area contributed by atoms with Gasteiger partial charge in [-0.3, -0.25) is 4.79 Å². The Bertz CT molecular complexity index is 1070. The van der Waals surface area contributed by atoms with Crippen LogP contribution in [0.3, 0.4) is 0 Å². The minimum atomic E-state index is -1.03. The van der Waals surface area contributed by atoms with Crippen molar-refractivity contribution in [1.82, 2.24) is 20.2 Å². The standard InChI is InChI=1S/C20H19N5O4/c1-29-17-8-7-15(11-16(17)25-19(13-5-6-13)22-23-24-25)21-18(26)10-12-3-2-4-14(9-12)20(27)28/h2-4,7-9,11,13H,5-6,10H2,1H3,(H,21,26)(H,27,28). The van der Waals surface area contributed by atoms with E-state index in [0.717, 1.165) is 18.7 Å². The molecule has 1 fully saturated rings. The van der Waals surface area contributed by atoms with Crippen LogP contribution in [-0.4, -0.2) is 44.3 Å². The average molecular weight is 393 g/mol. The number of hydrogen-bond donors (Lipinski definition) is 2. The van der Waals surface area contributed by atoms with Crippen molar-refractivity contribution < 1.29 is 19.4 Å². The SMILES string of the molecule is COc1ccc(NC(=O)Cc2cccc(C(=O)O)c2)cc1-n1nnnc1C1CC1. The first-order chi connectivity index (χ1) is 14.0. The van der Waals surface area contributed by atoms with Crippen LogP contribution in [0.5, 0.6) is 5.75 Å². The van der Waals surface area contributed by atoms with E-state index in [1.54, 1.807) is 42.1 Å². The Morgan fingerprint density at radius 2 is 2.07 bits per heavy atom. The Balaban J connectivity index is 1.54. The molecule has 4 rings (SSSR count). The lowest BCUT2D eigenvalue weighted by molar-refractivity contribution is -0.115. The minimum absolute atomic E-state index is 0.0562. The highest BCUT2D eigenvalue weighted by Crippen LogP contribution is 2.40. The summed E-state index contributed by atoms with van der Waals surface area (Å²) in [4.78, 5) is 23.6. The number of benzene rings is 2. The number of methoxy groups -OCH3 is 1. The number of carboxylic acids is 1. The maximum atomic E-state index is 12.5. The molecule has 1 aliphatic rings. The highest BCUT2D eigenvalue weighted by Gasteiger charge is 2.30. The van der Waals surface area contributed by atoms with Gasteiger partial charge >= 0.3 is 5.97 Å². The van der Waals surface area contributed by atoms with E-state index in [1.165, 1.54) is 12.1 Å². The zero-order valence-electron chi connectivity index (χ0n) is 15.7. The summed E-state index contributed by atoms with van der Waals surface area (Å²) in [6.45, 7) is 0. The summed E-state index contributed by atoms with van der Waals surface area (Å²) < 4.78 is 7.07. The molecule has 1 aliphatic carbocycles. The van der Waals surface area contributed by atoms with Gasteiger partial charge in [0.15, 0.2) is 5.82 Å². The largest absolute Gasteiger partial charge is 0.494 e. The molecule has 2 aromatic carbocycles. The quantitative estimate of drug-likeness (QED) is 0.633. The van der Waals surface area contributed by atoms with E-state index in [2.05, 4.69) is 20.8 Å². The summed E-state index contributed by atoms with van der Waals surface area (Å²) in [5.74, 6) is 0.417. The summed E-state index contributed by atoms with van der Waals surface area (Å²) in [5, 5.41) is 23.9. The first-order valence-corrected chi connectivity index (χ1v) is 9.14. The van der Waals surface area contributed by atoms with Crippen LogP contribution < -0.4 is 10.1 Å². The number of carbonyl (C=O) groups is 2. The van der Waals surface area contributed by atoms with E-state index in [9.17, 15) is 9.59 Å². The number of ether oxygens (including phenoxy) is 1. The normalized spacial score (nSPS) is 13.1. The fourth-order valence-corrected chi connectivity index (χ4v) is 3.10. The molecule has 1 amide bonds. The summed E-state index contributed by atoms with van der Waals surface area (Å²) in [6, 6.07) is 11.5. The lowest BCUT2D eigenvalue weighted by atomic mass is 10.1. The van der Waals surface area contributed by atoms with E-state index >= 15 is 0 Å². The second kappa shape index (κ2) is 7.70. The number of amides is 1.